The van der Waals surface area contributed by atoms with Crippen molar-refractivity contribution >= 4 is 0 Å². The van der Waals surface area contributed by atoms with Gasteiger partial charge in [-0.05, 0) is 37.1 Å². The van der Waals surface area contributed by atoms with Gasteiger partial charge in [-0.3, -0.25) is 0 Å². The number of halogens is 1. The van der Waals surface area contributed by atoms with Crippen molar-refractivity contribution in [3.8, 4) is 5.75 Å². The Hall–Kier alpha value is -1.09. The number of benzene rings is 1. The number of ether oxygens (including phenoxy) is 1. The third-order valence-electron chi connectivity index (χ3n) is 4.91. The molecule has 0 saturated heterocycles. The first-order chi connectivity index (χ1) is 10.3. The lowest BCUT2D eigenvalue weighted by Crippen LogP contribution is -2.34. The summed E-state index contributed by atoms with van der Waals surface area (Å²) in [6.07, 6.45) is 9.22. The van der Waals surface area contributed by atoms with Crippen LogP contribution in [0.5, 0.6) is 5.75 Å². The monoisotopic (exact) mass is 291 g/mol. The Morgan fingerprint density at radius 1 is 1.24 bits per heavy atom. The van der Waals surface area contributed by atoms with Crippen LogP contribution in [0.2, 0.25) is 0 Å². The molecule has 2 atom stereocenters. The van der Waals surface area contributed by atoms with E-state index in [9.17, 15) is 4.39 Å². The van der Waals surface area contributed by atoms with Gasteiger partial charge in [-0.2, -0.15) is 0 Å². The highest BCUT2D eigenvalue weighted by molar-refractivity contribution is 5.38. The van der Waals surface area contributed by atoms with Crippen molar-refractivity contribution < 1.29 is 9.13 Å². The summed E-state index contributed by atoms with van der Waals surface area (Å²) in [7, 11) is 0. The summed E-state index contributed by atoms with van der Waals surface area (Å²) in [5, 5.41) is 3.49. The van der Waals surface area contributed by atoms with E-state index in [-0.39, 0.29) is 18.0 Å². The molecule has 0 bridgehead atoms. The Bertz CT molecular complexity index is 470. The van der Waals surface area contributed by atoms with Gasteiger partial charge in [0.1, 0.15) is 17.7 Å². The van der Waals surface area contributed by atoms with Crippen LogP contribution in [0.25, 0.3) is 0 Å². The minimum atomic E-state index is -0.175. The molecule has 2 nitrogen and oxygen atoms in total. The number of nitrogens with one attached hydrogen (secondary N) is 1. The zero-order chi connectivity index (χ0) is 14.7. The summed E-state index contributed by atoms with van der Waals surface area (Å²) < 4.78 is 19.7. The van der Waals surface area contributed by atoms with Gasteiger partial charge in [-0.1, -0.05) is 39.0 Å². The fourth-order valence-electron chi connectivity index (χ4n) is 3.90. The Morgan fingerprint density at radius 3 is 2.81 bits per heavy atom. The molecule has 3 heteroatoms. The summed E-state index contributed by atoms with van der Waals surface area (Å²) in [5.41, 5.74) is 0.983. The summed E-state index contributed by atoms with van der Waals surface area (Å²) in [6, 6.07) is 5.15. The van der Waals surface area contributed by atoms with Crippen molar-refractivity contribution in [2.24, 2.45) is 5.92 Å². The quantitative estimate of drug-likeness (QED) is 0.875. The lowest BCUT2D eigenvalue weighted by Gasteiger charge is -2.35. The van der Waals surface area contributed by atoms with Gasteiger partial charge in [0.15, 0.2) is 0 Å². The summed E-state index contributed by atoms with van der Waals surface area (Å²) >= 11 is 0. The van der Waals surface area contributed by atoms with Gasteiger partial charge >= 0.3 is 0 Å². The molecule has 0 amide bonds. The first kappa shape index (κ1) is 14.8. The van der Waals surface area contributed by atoms with E-state index < -0.39 is 0 Å². The molecule has 0 aromatic heterocycles. The third kappa shape index (κ3) is 3.57. The van der Waals surface area contributed by atoms with Crippen molar-refractivity contribution in [2.75, 3.05) is 6.54 Å². The minimum absolute atomic E-state index is 0.175. The maximum Gasteiger partial charge on any atom is 0.124 e. The van der Waals surface area contributed by atoms with Crippen LogP contribution in [0.4, 0.5) is 4.39 Å². The zero-order valence-electron chi connectivity index (χ0n) is 12.9. The Morgan fingerprint density at radius 2 is 2.05 bits per heavy atom. The smallest absolute Gasteiger partial charge is 0.124 e. The van der Waals surface area contributed by atoms with Crippen molar-refractivity contribution in [3.05, 3.63) is 29.6 Å². The van der Waals surface area contributed by atoms with Crippen molar-refractivity contribution in [1.29, 1.82) is 0 Å². The molecule has 1 saturated carbocycles. The molecule has 1 aromatic rings. The third-order valence-corrected chi connectivity index (χ3v) is 4.91. The van der Waals surface area contributed by atoms with Gasteiger partial charge in [-0.25, -0.2) is 4.39 Å². The van der Waals surface area contributed by atoms with Gasteiger partial charge in [-0.15, -0.1) is 0 Å². The molecular formula is C18H26FNO. The fraction of sp³-hybridized carbons (Fsp3) is 0.667. The highest BCUT2D eigenvalue weighted by Gasteiger charge is 2.30. The second-order valence-corrected chi connectivity index (χ2v) is 6.51. The molecule has 2 unspecified atom stereocenters. The molecule has 116 valence electrons. The first-order valence-corrected chi connectivity index (χ1v) is 8.45. The van der Waals surface area contributed by atoms with Crippen LogP contribution in [0.15, 0.2) is 18.2 Å². The summed E-state index contributed by atoms with van der Waals surface area (Å²) in [4.78, 5) is 0. The molecule has 1 fully saturated rings. The highest BCUT2D eigenvalue weighted by Crippen LogP contribution is 2.38. The van der Waals surface area contributed by atoms with Crippen LogP contribution in [-0.2, 0) is 0 Å². The predicted octanol–water partition coefficient (Wildman–Crippen LogP) is 4.60. The molecule has 3 rings (SSSR count). The lowest BCUT2D eigenvalue weighted by atomic mass is 9.83. The van der Waals surface area contributed by atoms with E-state index in [2.05, 4.69) is 12.2 Å². The van der Waals surface area contributed by atoms with Crippen LogP contribution in [0.3, 0.4) is 0 Å². The molecule has 2 aliphatic rings. The normalized spacial score (nSPS) is 26.2. The van der Waals surface area contributed by atoms with Crippen molar-refractivity contribution in [3.63, 3.8) is 0 Å². The van der Waals surface area contributed by atoms with E-state index in [1.165, 1.54) is 38.2 Å². The van der Waals surface area contributed by atoms with E-state index in [1.54, 1.807) is 12.1 Å². The van der Waals surface area contributed by atoms with Gasteiger partial charge in [0.25, 0.3) is 0 Å². The van der Waals surface area contributed by atoms with E-state index in [1.807, 2.05) is 0 Å². The number of hydrogen-bond acceptors (Lipinski definition) is 2. The minimum Gasteiger partial charge on any atom is -0.490 e. The Balaban J connectivity index is 1.72. The highest BCUT2D eigenvalue weighted by atomic mass is 19.1. The Labute approximate surface area is 127 Å². The lowest BCUT2D eigenvalue weighted by molar-refractivity contribution is 0.113. The summed E-state index contributed by atoms with van der Waals surface area (Å²) in [6.45, 7) is 3.00. The van der Waals surface area contributed by atoms with Crippen LogP contribution in [0.1, 0.15) is 63.5 Å². The van der Waals surface area contributed by atoms with Crippen LogP contribution in [-0.4, -0.2) is 12.6 Å². The second kappa shape index (κ2) is 6.78. The van der Waals surface area contributed by atoms with Gasteiger partial charge in [0, 0.05) is 18.0 Å². The van der Waals surface area contributed by atoms with E-state index >= 15 is 0 Å². The van der Waals surface area contributed by atoms with E-state index in [0.29, 0.717) is 0 Å². The van der Waals surface area contributed by atoms with Crippen molar-refractivity contribution in [1.82, 2.24) is 5.32 Å². The second-order valence-electron chi connectivity index (χ2n) is 6.51. The predicted molar refractivity (Wildman–Crippen MR) is 83.0 cm³/mol. The molecule has 1 aromatic carbocycles. The fourth-order valence-corrected chi connectivity index (χ4v) is 3.90. The molecule has 1 aliphatic carbocycles. The standard InChI is InChI=1S/C18H26FNO/c1-2-20-17-12-15(10-13-6-4-3-5-7-13)21-18-9-8-14(19)11-16(17)18/h8-9,11,13,15,17,20H,2-7,10,12H2,1H3. The molecule has 1 aliphatic heterocycles. The van der Waals surface area contributed by atoms with Crippen LogP contribution in [0, 0.1) is 11.7 Å². The van der Waals surface area contributed by atoms with E-state index in [4.69, 9.17) is 4.74 Å². The van der Waals surface area contributed by atoms with Crippen molar-refractivity contribution in [2.45, 2.75) is 64.0 Å². The average molecular weight is 291 g/mol. The maximum atomic E-state index is 13.5. The largest absolute Gasteiger partial charge is 0.490 e. The van der Waals surface area contributed by atoms with Crippen LogP contribution >= 0.6 is 0 Å². The zero-order valence-corrected chi connectivity index (χ0v) is 12.9. The van der Waals surface area contributed by atoms with Gasteiger partial charge in [0.2, 0.25) is 0 Å². The number of rotatable bonds is 4. The van der Waals surface area contributed by atoms with Crippen LogP contribution < -0.4 is 10.1 Å². The number of fused-ring (bicyclic) bond motifs is 1. The Kier molecular flexibility index (Phi) is 4.79. The van der Waals surface area contributed by atoms with Gasteiger partial charge in [0.05, 0.1) is 0 Å². The number of hydrogen-bond donors (Lipinski definition) is 1. The molecular weight excluding hydrogens is 265 g/mol. The van der Waals surface area contributed by atoms with Gasteiger partial charge < -0.3 is 10.1 Å². The molecule has 1 heterocycles. The maximum absolute atomic E-state index is 13.5. The summed E-state index contributed by atoms with van der Waals surface area (Å²) in [5.74, 6) is 1.51. The molecule has 21 heavy (non-hydrogen) atoms. The topological polar surface area (TPSA) is 21.3 Å². The molecule has 1 N–H and O–H groups in total. The van der Waals surface area contributed by atoms with E-state index in [0.717, 1.165) is 36.6 Å². The molecule has 0 spiro atoms. The molecule has 0 radical (unpaired) electrons. The first-order valence-electron chi connectivity index (χ1n) is 8.45. The average Bonchev–Trinajstić information content (AvgIpc) is 2.49. The SMILES string of the molecule is CCNC1CC(CC2CCCCC2)Oc2ccc(F)cc21.